The van der Waals surface area contributed by atoms with Crippen LogP contribution in [-0.2, 0) is 15.1 Å². The zero-order valence-electron chi connectivity index (χ0n) is 23.7. The van der Waals surface area contributed by atoms with Gasteiger partial charge in [-0.1, -0.05) is 50.2 Å². The van der Waals surface area contributed by atoms with Crippen molar-refractivity contribution >= 4 is 5.91 Å². The number of amides is 1. The van der Waals surface area contributed by atoms with Crippen LogP contribution in [0.3, 0.4) is 0 Å². The van der Waals surface area contributed by atoms with E-state index in [0.29, 0.717) is 37.8 Å². The number of aliphatic hydroxyl groups is 1. The number of piperidine rings is 1. The lowest BCUT2D eigenvalue weighted by atomic mass is 9.72. The fourth-order valence-electron chi connectivity index (χ4n) is 6.11. The van der Waals surface area contributed by atoms with E-state index in [0.717, 1.165) is 61.9 Å². The number of likely N-dealkylation sites (tertiary alicyclic amines) is 1. The summed E-state index contributed by atoms with van der Waals surface area (Å²) in [7, 11) is 3.64. The predicted octanol–water partition coefficient (Wildman–Crippen LogP) is 6.01. The zero-order valence-corrected chi connectivity index (χ0v) is 23.7. The number of rotatable bonds is 14. The van der Waals surface area contributed by atoms with Crippen LogP contribution in [-0.4, -0.2) is 56.3 Å². The minimum Gasteiger partial charge on any atom is -0.385 e. The third-order valence-electron chi connectivity index (χ3n) is 7.92. The second-order valence-electron chi connectivity index (χ2n) is 11.4. The Kier molecular flexibility index (Phi) is 11.8. The molecule has 38 heavy (non-hydrogen) atoms. The Labute approximate surface area is 228 Å². The van der Waals surface area contributed by atoms with Gasteiger partial charge in [0.05, 0.1) is 5.60 Å². The Bertz CT molecular complexity index is 996. The van der Waals surface area contributed by atoms with Crippen LogP contribution in [0.5, 0.6) is 0 Å². The number of hydrogen-bond donors (Lipinski definition) is 2. The highest BCUT2D eigenvalue weighted by Crippen LogP contribution is 2.43. The maximum Gasteiger partial charge on any atom is 0.222 e. The summed E-state index contributed by atoms with van der Waals surface area (Å²) in [6.45, 7) is 7.16. The normalized spacial score (nSPS) is 18.4. The van der Waals surface area contributed by atoms with E-state index in [1.165, 1.54) is 12.1 Å². The van der Waals surface area contributed by atoms with Gasteiger partial charge in [-0.15, -0.1) is 0 Å². The summed E-state index contributed by atoms with van der Waals surface area (Å²) >= 11 is 0. The van der Waals surface area contributed by atoms with Crippen LogP contribution < -0.4 is 5.32 Å². The number of carbonyl (C=O) groups is 1. The van der Waals surface area contributed by atoms with Gasteiger partial charge in [-0.3, -0.25) is 4.79 Å². The molecule has 5 nitrogen and oxygen atoms in total. The zero-order chi connectivity index (χ0) is 27.5. The molecule has 1 amide bonds. The molecule has 0 unspecified atom stereocenters. The first-order valence-corrected chi connectivity index (χ1v) is 14.3. The maximum absolute atomic E-state index is 13.7. The van der Waals surface area contributed by atoms with Gasteiger partial charge in [0.25, 0.3) is 0 Å². The molecule has 0 bridgehead atoms. The molecule has 0 saturated carbocycles. The Hall–Kier alpha value is -2.28. The molecule has 1 aliphatic rings. The van der Waals surface area contributed by atoms with Crippen LogP contribution in [0.1, 0.15) is 64.4 Å². The Balaban J connectivity index is 1.89. The monoisotopic (exact) mass is 526 g/mol. The highest BCUT2D eigenvalue weighted by atomic mass is 19.1. The van der Waals surface area contributed by atoms with Crippen molar-refractivity contribution in [1.29, 1.82) is 0 Å². The predicted molar refractivity (Wildman–Crippen MR) is 152 cm³/mol. The maximum atomic E-state index is 13.7. The first-order chi connectivity index (χ1) is 18.3. The lowest BCUT2D eigenvalue weighted by molar-refractivity contribution is -0.137. The number of nitrogens with zero attached hydrogens (tertiary/aromatic N) is 1. The van der Waals surface area contributed by atoms with E-state index in [1.54, 1.807) is 19.2 Å². The number of ether oxygens (including phenoxy) is 1. The Morgan fingerprint density at radius 3 is 2.61 bits per heavy atom. The molecule has 0 aromatic heterocycles. The molecule has 2 N–H and O–H groups in total. The summed E-state index contributed by atoms with van der Waals surface area (Å²) in [6, 6.07) is 14.4. The molecule has 1 saturated heterocycles. The van der Waals surface area contributed by atoms with Crippen molar-refractivity contribution in [1.82, 2.24) is 10.2 Å². The number of carbonyl (C=O) groups excluding carboxylic acids is 1. The van der Waals surface area contributed by atoms with Gasteiger partial charge in [0.1, 0.15) is 5.82 Å². The standard InChI is InChI=1S/C32H47FN2O3/c1-24(2)20-25(22-34-3)21-31(36)35-18-9-10-27(23-35)32(37,17-7-8-19-38-4)30-12-6-5-11-29(30)26-13-15-28(33)16-14-26/h5-6,11-16,24-25,27,34,37H,7-10,17-23H2,1-4H3/t25-,27-,32+/m1/s1. The van der Waals surface area contributed by atoms with Crippen LogP contribution in [0.25, 0.3) is 11.1 Å². The Morgan fingerprint density at radius 1 is 1.18 bits per heavy atom. The number of nitrogens with one attached hydrogen (secondary N) is 1. The summed E-state index contributed by atoms with van der Waals surface area (Å²) in [5.41, 5.74) is 1.54. The van der Waals surface area contributed by atoms with Crippen molar-refractivity contribution < 1.29 is 19.0 Å². The van der Waals surface area contributed by atoms with E-state index in [-0.39, 0.29) is 17.6 Å². The summed E-state index contributed by atoms with van der Waals surface area (Å²) in [6.07, 6.45) is 5.52. The van der Waals surface area contributed by atoms with Crippen LogP contribution in [0.15, 0.2) is 48.5 Å². The van der Waals surface area contributed by atoms with Crippen molar-refractivity contribution in [3.63, 3.8) is 0 Å². The van der Waals surface area contributed by atoms with Crippen molar-refractivity contribution in [2.24, 2.45) is 17.8 Å². The largest absolute Gasteiger partial charge is 0.385 e. The summed E-state index contributed by atoms with van der Waals surface area (Å²) in [5, 5.41) is 15.8. The first-order valence-electron chi connectivity index (χ1n) is 14.3. The number of benzene rings is 2. The molecule has 210 valence electrons. The van der Waals surface area contributed by atoms with Crippen LogP contribution in [0, 0.1) is 23.6 Å². The molecule has 1 heterocycles. The quantitative estimate of drug-likeness (QED) is 0.296. The van der Waals surface area contributed by atoms with Crippen molar-refractivity contribution in [2.75, 3.05) is 40.4 Å². The molecule has 0 radical (unpaired) electrons. The van der Waals surface area contributed by atoms with Crippen molar-refractivity contribution in [3.8, 4) is 11.1 Å². The van der Waals surface area contributed by atoms with Crippen LogP contribution >= 0.6 is 0 Å². The van der Waals surface area contributed by atoms with E-state index in [9.17, 15) is 14.3 Å². The summed E-state index contributed by atoms with van der Waals surface area (Å²) in [5.74, 6) is 0.660. The van der Waals surface area contributed by atoms with Gasteiger partial charge in [0, 0.05) is 39.1 Å². The third-order valence-corrected chi connectivity index (χ3v) is 7.92. The fourth-order valence-corrected chi connectivity index (χ4v) is 6.11. The van der Waals surface area contributed by atoms with Gasteiger partial charge in [0.2, 0.25) is 5.91 Å². The molecule has 1 fully saturated rings. The first kappa shape index (κ1) is 30.3. The lowest BCUT2D eigenvalue weighted by Crippen LogP contribution is -2.48. The van der Waals surface area contributed by atoms with Crippen molar-refractivity contribution in [3.05, 3.63) is 59.9 Å². The summed E-state index contributed by atoms with van der Waals surface area (Å²) < 4.78 is 19.0. The molecular weight excluding hydrogens is 479 g/mol. The van der Waals surface area contributed by atoms with E-state index < -0.39 is 5.60 Å². The smallest absolute Gasteiger partial charge is 0.222 e. The van der Waals surface area contributed by atoms with Gasteiger partial charge in [-0.2, -0.15) is 0 Å². The second kappa shape index (κ2) is 14.8. The third kappa shape index (κ3) is 8.11. The van der Waals surface area contributed by atoms with E-state index in [2.05, 4.69) is 19.2 Å². The number of methoxy groups -OCH3 is 1. The molecule has 3 atom stereocenters. The van der Waals surface area contributed by atoms with Crippen molar-refractivity contribution in [2.45, 2.75) is 64.4 Å². The number of halogens is 1. The Morgan fingerprint density at radius 2 is 1.92 bits per heavy atom. The number of hydrogen-bond acceptors (Lipinski definition) is 4. The lowest BCUT2D eigenvalue weighted by Gasteiger charge is -2.44. The minimum atomic E-state index is -1.11. The van der Waals surface area contributed by atoms with Gasteiger partial charge in [-0.05, 0) is 92.8 Å². The minimum absolute atomic E-state index is 0.0859. The number of unbranched alkanes of at least 4 members (excludes halogenated alkanes) is 1. The van der Waals surface area contributed by atoms with Gasteiger partial charge < -0.3 is 20.1 Å². The van der Waals surface area contributed by atoms with Crippen LogP contribution in [0.2, 0.25) is 0 Å². The van der Waals surface area contributed by atoms with E-state index >= 15 is 0 Å². The molecule has 6 heteroatoms. The van der Waals surface area contributed by atoms with Gasteiger partial charge >= 0.3 is 0 Å². The van der Waals surface area contributed by atoms with Crippen LogP contribution in [0.4, 0.5) is 4.39 Å². The molecule has 1 aliphatic heterocycles. The SMILES string of the molecule is CNC[C@@H](CC(=O)N1CCC[C@@H]([C@@](O)(CCCCOC)c2ccccc2-c2ccc(F)cc2)C1)CC(C)C. The highest BCUT2D eigenvalue weighted by Gasteiger charge is 2.42. The fraction of sp³-hybridized carbons (Fsp3) is 0.594. The van der Waals surface area contributed by atoms with Gasteiger partial charge in [-0.25, -0.2) is 4.39 Å². The molecule has 0 spiro atoms. The molecule has 0 aliphatic carbocycles. The summed E-state index contributed by atoms with van der Waals surface area (Å²) in [4.78, 5) is 15.4. The highest BCUT2D eigenvalue weighted by molar-refractivity contribution is 5.76. The molecular formula is C32H47FN2O3. The topological polar surface area (TPSA) is 61.8 Å². The molecule has 3 rings (SSSR count). The second-order valence-corrected chi connectivity index (χ2v) is 11.4. The van der Waals surface area contributed by atoms with Gasteiger partial charge in [0.15, 0.2) is 0 Å². The average Bonchev–Trinajstić information content (AvgIpc) is 2.91. The molecule has 2 aromatic rings. The average molecular weight is 527 g/mol. The van der Waals surface area contributed by atoms with E-state index in [4.69, 9.17) is 4.74 Å². The van der Waals surface area contributed by atoms with E-state index in [1.807, 2.05) is 36.2 Å². The molecule has 2 aromatic carbocycles.